The topological polar surface area (TPSA) is 72.9 Å². The van der Waals surface area contributed by atoms with E-state index >= 15 is 0 Å². The van der Waals surface area contributed by atoms with Crippen LogP contribution in [0.4, 0.5) is 0 Å². The van der Waals surface area contributed by atoms with Crippen molar-refractivity contribution in [2.24, 2.45) is 0 Å². The lowest BCUT2D eigenvalue weighted by Gasteiger charge is -2.13. The molecule has 0 N–H and O–H groups in total. The first kappa shape index (κ1) is 18.9. The van der Waals surface area contributed by atoms with Gasteiger partial charge in [-0.15, -0.1) is 0 Å². The molecular weight excluding hydrogens is 370 g/mol. The Kier molecular flexibility index (Phi) is 6.08. The van der Waals surface area contributed by atoms with E-state index in [1.165, 1.54) is 4.90 Å². The van der Waals surface area contributed by atoms with Crippen molar-refractivity contribution in [3.63, 3.8) is 0 Å². The van der Waals surface area contributed by atoms with Crippen LogP contribution in [0.25, 0.3) is 0 Å². The van der Waals surface area contributed by atoms with E-state index in [1.54, 1.807) is 48.5 Å². The fraction of sp³-hybridized carbons (Fsp3) is 0.250. The van der Waals surface area contributed by atoms with Crippen molar-refractivity contribution in [2.45, 2.75) is 19.4 Å². The summed E-state index contributed by atoms with van der Waals surface area (Å²) in [5, 5.41) is 0.571. The SMILES string of the molecule is O=C(OCCOc1cccc(Cl)c1)c1ccc(CN2C(=O)CCC2=O)cc1. The molecule has 0 atom stereocenters. The monoisotopic (exact) mass is 387 g/mol. The van der Waals surface area contributed by atoms with E-state index in [0.717, 1.165) is 5.56 Å². The molecule has 1 saturated heterocycles. The minimum atomic E-state index is -0.468. The third kappa shape index (κ3) is 5.08. The van der Waals surface area contributed by atoms with E-state index < -0.39 is 5.97 Å². The number of likely N-dealkylation sites (tertiary alicyclic amines) is 1. The smallest absolute Gasteiger partial charge is 0.338 e. The van der Waals surface area contributed by atoms with Gasteiger partial charge in [0, 0.05) is 17.9 Å². The highest BCUT2D eigenvalue weighted by atomic mass is 35.5. The number of hydrogen-bond donors (Lipinski definition) is 0. The number of benzene rings is 2. The highest BCUT2D eigenvalue weighted by Gasteiger charge is 2.28. The Balaban J connectivity index is 1.46. The van der Waals surface area contributed by atoms with Crippen LogP contribution in [-0.4, -0.2) is 35.9 Å². The van der Waals surface area contributed by atoms with E-state index in [-0.39, 0.29) is 44.4 Å². The maximum absolute atomic E-state index is 12.1. The van der Waals surface area contributed by atoms with Gasteiger partial charge in [0.15, 0.2) is 0 Å². The van der Waals surface area contributed by atoms with E-state index in [0.29, 0.717) is 16.3 Å². The first-order valence-electron chi connectivity index (χ1n) is 8.50. The molecule has 0 spiro atoms. The summed E-state index contributed by atoms with van der Waals surface area (Å²) in [5.74, 6) is -0.190. The molecule has 0 unspecified atom stereocenters. The summed E-state index contributed by atoms with van der Waals surface area (Å²) in [6.45, 7) is 0.535. The van der Waals surface area contributed by atoms with E-state index in [4.69, 9.17) is 21.1 Å². The van der Waals surface area contributed by atoms with Crippen LogP contribution in [0, 0.1) is 0 Å². The second-order valence-electron chi connectivity index (χ2n) is 6.01. The maximum Gasteiger partial charge on any atom is 0.338 e. The molecule has 3 rings (SSSR count). The average molecular weight is 388 g/mol. The van der Waals surface area contributed by atoms with Gasteiger partial charge in [-0.1, -0.05) is 29.8 Å². The highest BCUT2D eigenvalue weighted by Crippen LogP contribution is 2.18. The van der Waals surface area contributed by atoms with Gasteiger partial charge in [0.1, 0.15) is 19.0 Å². The molecule has 0 bridgehead atoms. The van der Waals surface area contributed by atoms with E-state index in [1.807, 2.05) is 0 Å². The van der Waals surface area contributed by atoms with Crippen molar-refractivity contribution in [2.75, 3.05) is 13.2 Å². The molecular formula is C20H18ClNO5. The zero-order valence-corrected chi connectivity index (χ0v) is 15.3. The molecule has 1 aliphatic rings. The number of hydrogen-bond acceptors (Lipinski definition) is 5. The Labute approximate surface area is 161 Å². The Bertz CT molecular complexity index is 834. The normalized spacial score (nSPS) is 13.7. The van der Waals surface area contributed by atoms with Crippen LogP contribution in [-0.2, 0) is 20.9 Å². The number of halogens is 1. The van der Waals surface area contributed by atoms with Gasteiger partial charge < -0.3 is 9.47 Å². The second kappa shape index (κ2) is 8.68. The Morgan fingerprint density at radius 3 is 2.37 bits per heavy atom. The number of amides is 2. The van der Waals surface area contributed by atoms with Gasteiger partial charge in [0.2, 0.25) is 11.8 Å². The predicted molar refractivity (Wildman–Crippen MR) is 98.5 cm³/mol. The van der Waals surface area contributed by atoms with E-state index in [2.05, 4.69) is 0 Å². The first-order chi connectivity index (χ1) is 13.0. The van der Waals surface area contributed by atoms with Crippen LogP contribution in [0.15, 0.2) is 48.5 Å². The lowest BCUT2D eigenvalue weighted by molar-refractivity contribution is -0.139. The molecule has 27 heavy (non-hydrogen) atoms. The van der Waals surface area contributed by atoms with Crippen molar-refractivity contribution in [3.05, 3.63) is 64.7 Å². The van der Waals surface area contributed by atoms with Gasteiger partial charge in [-0.05, 0) is 35.9 Å². The molecule has 2 aromatic carbocycles. The molecule has 0 aromatic heterocycles. The minimum absolute atomic E-state index is 0.101. The largest absolute Gasteiger partial charge is 0.490 e. The lowest BCUT2D eigenvalue weighted by Crippen LogP contribution is -2.28. The van der Waals surface area contributed by atoms with Crippen LogP contribution in [0.2, 0.25) is 5.02 Å². The Hall–Kier alpha value is -2.86. The van der Waals surface area contributed by atoms with Crippen molar-refractivity contribution in [3.8, 4) is 5.75 Å². The molecule has 2 amide bonds. The third-order valence-electron chi connectivity index (χ3n) is 4.07. The standard InChI is InChI=1S/C20H18ClNO5/c21-16-2-1-3-17(12-16)26-10-11-27-20(25)15-6-4-14(5-7-15)13-22-18(23)8-9-19(22)24/h1-7,12H,8-11,13H2. The molecule has 2 aromatic rings. The summed E-state index contributed by atoms with van der Waals surface area (Å²) in [6, 6.07) is 13.6. The Morgan fingerprint density at radius 1 is 1.00 bits per heavy atom. The zero-order chi connectivity index (χ0) is 19.2. The molecule has 6 nitrogen and oxygen atoms in total. The molecule has 7 heteroatoms. The summed E-state index contributed by atoms with van der Waals surface area (Å²) >= 11 is 5.86. The van der Waals surface area contributed by atoms with Crippen LogP contribution < -0.4 is 4.74 Å². The molecule has 1 aliphatic heterocycles. The van der Waals surface area contributed by atoms with Crippen molar-refractivity contribution < 1.29 is 23.9 Å². The van der Waals surface area contributed by atoms with Crippen LogP contribution in [0.5, 0.6) is 5.75 Å². The van der Waals surface area contributed by atoms with Gasteiger partial charge >= 0.3 is 5.97 Å². The van der Waals surface area contributed by atoms with Gasteiger partial charge in [-0.25, -0.2) is 4.79 Å². The quantitative estimate of drug-likeness (QED) is 0.414. The predicted octanol–water partition coefficient (Wildman–Crippen LogP) is 3.22. The summed E-state index contributed by atoms with van der Waals surface area (Å²) in [4.78, 5) is 36.6. The lowest BCUT2D eigenvalue weighted by atomic mass is 10.1. The Morgan fingerprint density at radius 2 is 1.70 bits per heavy atom. The molecule has 0 saturated carbocycles. The van der Waals surface area contributed by atoms with Crippen LogP contribution in [0.3, 0.4) is 0 Å². The number of carbonyl (C=O) groups is 3. The molecule has 1 heterocycles. The van der Waals surface area contributed by atoms with E-state index in [9.17, 15) is 14.4 Å². The molecule has 0 radical (unpaired) electrons. The third-order valence-corrected chi connectivity index (χ3v) is 4.30. The second-order valence-corrected chi connectivity index (χ2v) is 6.45. The zero-order valence-electron chi connectivity index (χ0n) is 14.5. The van der Waals surface area contributed by atoms with Gasteiger partial charge in [0.05, 0.1) is 12.1 Å². The summed E-state index contributed by atoms with van der Waals surface area (Å²) in [5.41, 5.74) is 1.17. The highest BCUT2D eigenvalue weighted by molar-refractivity contribution is 6.30. The number of imide groups is 1. The first-order valence-corrected chi connectivity index (χ1v) is 8.88. The van der Waals surface area contributed by atoms with Gasteiger partial charge in [0.25, 0.3) is 0 Å². The molecule has 140 valence electrons. The minimum Gasteiger partial charge on any atom is -0.490 e. The summed E-state index contributed by atoms with van der Waals surface area (Å²) in [7, 11) is 0. The van der Waals surface area contributed by atoms with Crippen LogP contribution >= 0.6 is 11.6 Å². The van der Waals surface area contributed by atoms with Crippen LogP contribution in [0.1, 0.15) is 28.8 Å². The fourth-order valence-electron chi connectivity index (χ4n) is 2.66. The number of nitrogens with zero attached hydrogens (tertiary/aromatic N) is 1. The summed E-state index contributed by atoms with van der Waals surface area (Å²) < 4.78 is 10.6. The number of rotatable bonds is 7. The molecule has 0 aliphatic carbocycles. The number of carbonyl (C=O) groups excluding carboxylic acids is 3. The summed E-state index contributed by atoms with van der Waals surface area (Å²) in [6.07, 6.45) is 0.529. The van der Waals surface area contributed by atoms with Gasteiger partial charge in [-0.3, -0.25) is 14.5 Å². The average Bonchev–Trinajstić information content (AvgIpc) is 2.98. The van der Waals surface area contributed by atoms with Crippen molar-refractivity contribution in [1.29, 1.82) is 0 Å². The van der Waals surface area contributed by atoms with Gasteiger partial charge in [-0.2, -0.15) is 0 Å². The number of esters is 1. The molecule has 1 fully saturated rings. The van der Waals surface area contributed by atoms with Crippen molar-refractivity contribution >= 4 is 29.4 Å². The fourth-order valence-corrected chi connectivity index (χ4v) is 2.84. The van der Waals surface area contributed by atoms with Crippen molar-refractivity contribution in [1.82, 2.24) is 4.90 Å². The maximum atomic E-state index is 12.1. The number of ether oxygens (including phenoxy) is 2.